The Balaban J connectivity index is 2.04. The second kappa shape index (κ2) is 5.20. The number of hydrogen-bond acceptors (Lipinski definition) is 4. The van der Waals surface area contributed by atoms with Gasteiger partial charge in [0.25, 0.3) is 5.56 Å². The molecule has 1 N–H and O–H groups in total. The molecule has 106 valence electrons. The van der Waals surface area contributed by atoms with Crippen molar-refractivity contribution < 1.29 is 0 Å². The molecule has 2 aromatic rings. The van der Waals surface area contributed by atoms with Gasteiger partial charge in [0.15, 0.2) is 0 Å². The Morgan fingerprint density at radius 1 is 1.45 bits per heavy atom. The molecule has 2 heterocycles. The second-order valence-corrected chi connectivity index (χ2v) is 5.28. The molecule has 0 saturated heterocycles. The number of rotatable bonds is 3. The van der Waals surface area contributed by atoms with E-state index in [2.05, 4.69) is 15.6 Å². The maximum absolute atomic E-state index is 12.2. The monoisotopic (exact) mass is 273 g/mol. The minimum absolute atomic E-state index is 0.0335. The molecule has 2 aromatic heterocycles. The zero-order valence-electron chi connectivity index (χ0n) is 11.8. The van der Waals surface area contributed by atoms with Gasteiger partial charge in [0.05, 0.1) is 6.54 Å². The van der Waals surface area contributed by atoms with Gasteiger partial charge in [-0.1, -0.05) is 11.3 Å². The average Bonchev–Trinajstić information content (AvgIpc) is 2.86. The lowest BCUT2D eigenvalue weighted by Crippen LogP contribution is -2.30. The van der Waals surface area contributed by atoms with E-state index in [0.29, 0.717) is 12.6 Å². The van der Waals surface area contributed by atoms with Gasteiger partial charge in [0, 0.05) is 31.0 Å². The molecule has 0 spiro atoms. The van der Waals surface area contributed by atoms with Crippen LogP contribution in [0.4, 0.5) is 0 Å². The molecule has 0 aliphatic heterocycles. The molecule has 0 fully saturated rings. The van der Waals surface area contributed by atoms with Crippen LogP contribution in [0.3, 0.4) is 0 Å². The van der Waals surface area contributed by atoms with Crippen molar-refractivity contribution in [2.24, 2.45) is 7.05 Å². The third kappa shape index (κ3) is 2.27. The summed E-state index contributed by atoms with van der Waals surface area (Å²) < 4.78 is 3.50. The lowest BCUT2D eigenvalue weighted by atomic mass is 9.91. The molecule has 1 aliphatic rings. The van der Waals surface area contributed by atoms with Crippen molar-refractivity contribution in [2.75, 3.05) is 7.05 Å². The first-order valence-corrected chi connectivity index (χ1v) is 6.94. The van der Waals surface area contributed by atoms with Gasteiger partial charge in [-0.3, -0.25) is 9.48 Å². The smallest absolute Gasteiger partial charge is 0.251 e. The molecule has 0 amide bonds. The van der Waals surface area contributed by atoms with Gasteiger partial charge >= 0.3 is 0 Å². The van der Waals surface area contributed by atoms with Crippen LogP contribution in [0.1, 0.15) is 35.8 Å². The van der Waals surface area contributed by atoms with Gasteiger partial charge in [-0.25, -0.2) is 0 Å². The fourth-order valence-electron chi connectivity index (χ4n) is 2.96. The fraction of sp³-hybridized carbons (Fsp3) is 0.500. The normalized spacial score (nSPS) is 18.0. The highest BCUT2D eigenvalue weighted by Gasteiger charge is 2.22. The second-order valence-electron chi connectivity index (χ2n) is 5.28. The van der Waals surface area contributed by atoms with Crippen LogP contribution < -0.4 is 10.9 Å². The Labute approximate surface area is 117 Å². The van der Waals surface area contributed by atoms with E-state index in [4.69, 9.17) is 0 Å². The van der Waals surface area contributed by atoms with E-state index in [1.807, 2.05) is 30.9 Å². The third-order valence-electron chi connectivity index (χ3n) is 3.93. The van der Waals surface area contributed by atoms with Crippen LogP contribution in [0, 0.1) is 0 Å². The highest BCUT2D eigenvalue weighted by Crippen LogP contribution is 2.28. The molecule has 0 aromatic carbocycles. The van der Waals surface area contributed by atoms with Gasteiger partial charge in [-0.2, -0.15) is 0 Å². The molecular formula is C14H19N5O. The summed E-state index contributed by atoms with van der Waals surface area (Å²) in [6, 6.07) is 3.96. The Morgan fingerprint density at radius 3 is 3.00 bits per heavy atom. The number of aromatic nitrogens is 4. The summed E-state index contributed by atoms with van der Waals surface area (Å²) in [6.07, 6.45) is 5.02. The molecule has 1 atom stereocenters. The Bertz CT molecular complexity index is 672. The molecule has 1 aliphatic carbocycles. The van der Waals surface area contributed by atoms with E-state index < -0.39 is 0 Å². The minimum Gasteiger partial charge on any atom is -0.313 e. The van der Waals surface area contributed by atoms with Crippen molar-refractivity contribution in [3.63, 3.8) is 0 Å². The molecule has 6 heteroatoms. The summed E-state index contributed by atoms with van der Waals surface area (Å²) in [5.74, 6) is 0. The van der Waals surface area contributed by atoms with Gasteiger partial charge < -0.3 is 9.88 Å². The van der Waals surface area contributed by atoms with Crippen molar-refractivity contribution in [3.8, 4) is 0 Å². The first-order valence-electron chi connectivity index (χ1n) is 6.94. The maximum Gasteiger partial charge on any atom is 0.251 e. The standard InChI is InChI=1S/C14H19N5O/c1-15-12-4-3-5-13-11(12)6-7-14(20)19(13)9-10-8-18(2)17-16-10/h6-8,12,15H,3-5,9H2,1-2H3. The van der Waals surface area contributed by atoms with Crippen LogP contribution in [0.2, 0.25) is 0 Å². The lowest BCUT2D eigenvalue weighted by Gasteiger charge is -2.27. The van der Waals surface area contributed by atoms with E-state index in [9.17, 15) is 4.79 Å². The first kappa shape index (κ1) is 13.1. The number of hydrogen-bond donors (Lipinski definition) is 1. The SMILES string of the molecule is CNC1CCCc2c1ccc(=O)n2Cc1cn(C)nn1. The average molecular weight is 273 g/mol. The summed E-state index contributed by atoms with van der Waals surface area (Å²) in [4.78, 5) is 12.2. The van der Waals surface area contributed by atoms with Gasteiger partial charge in [0.2, 0.25) is 0 Å². The predicted molar refractivity (Wildman–Crippen MR) is 75.5 cm³/mol. The molecule has 20 heavy (non-hydrogen) atoms. The summed E-state index contributed by atoms with van der Waals surface area (Å²) >= 11 is 0. The van der Waals surface area contributed by atoms with E-state index in [0.717, 1.165) is 30.7 Å². The van der Waals surface area contributed by atoms with Crippen LogP contribution in [0.15, 0.2) is 23.1 Å². The van der Waals surface area contributed by atoms with Gasteiger partial charge in [-0.05, 0) is 31.9 Å². The number of pyridine rings is 1. The third-order valence-corrected chi connectivity index (χ3v) is 3.93. The number of nitrogens with zero attached hydrogens (tertiary/aromatic N) is 4. The summed E-state index contributed by atoms with van der Waals surface area (Å²) in [5.41, 5.74) is 3.22. The molecule has 0 bridgehead atoms. The van der Waals surface area contributed by atoms with Crippen LogP contribution in [-0.4, -0.2) is 26.6 Å². The zero-order valence-corrected chi connectivity index (χ0v) is 11.8. The van der Waals surface area contributed by atoms with Crippen LogP contribution in [-0.2, 0) is 20.0 Å². The molecular weight excluding hydrogens is 254 g/mol. The quantitative estimate of drug-likeness (QED) is 0.890. The molecule has 3 rings (SSSR count). The summed E-state index contributed by atoms with van der Waals surface area (Å²) in [5, 5.41) is 11.3. The zero-order chi connectivity index (χ0) is 14.1. The maximum atomic E-state index is 12.2. The van der Waals surface area contributed by atoms with E-state index >= 15 is 0 Å². The fourth-order valence-corrected chi connectivity index (χ4v) is 2.96. The number of fused-ring (bicyclic) bond motifs is 1. The van der Waals surface area contributed by atoms with Crippen molar-refractivity contribution in [2.45, 2.75) is 31.8 Å². The van der Waals surface area contributed by atoms with Gasteiger partial charge in [-0.15, -0.1) is 5.10 Å². The lowest BCUT2D eigenvalue weighted by molar-refractivity contribution is 0.472. The molecule has 1 unspecified atom stereocenters. The topological polar surface area (TPSA) is 64.7 Å². The number of aryl methyl sites for hydroxylation is 1. The van der Waals surface area contributed by atoms with Crippen molar-refractivity contribution in [1.29, 1.82) is 0 Å². The van der Waals surface area contributed by atoms with Gasteiger partial charge in [0.1, 0.15) is 5.69 Å². The number of nitrogens with one attached hydrogen (secondary N) is 1. The highest BCUT2D eigenvalue weighted by molar-refractivity contribution is 5.28. The molecule has 0 saturated carbocycles. The Hall–Kier alpha value is -1.95. The van der Waals surface area contributed by atoms with Crippen LogP contribution in [0.5, 0.6) is 0 Å². The summed E-state index contributed by atoms with van der Waals surface area (Å²) in [6.45, 7) is 0.492. The van der Waals surface area contributed by atoms with Crippen molar-refractivity contribution in [1.82, 2.24) is 24.9 Å². The Kier molecular flexibility index (Phi) is 3.40. The highest BCUT2D eigenvalue weighted by atomic mass is 16.1. The first-order chi connectivity index (χ1) is 9.69. The van der Waals surface area contributed by atoms with E-state index in [1.54, 1.807) is 10.7 Å². The van der Waals surface area contributed by atoms with E-state index in [-0.39, 0.29) is 5.56 Å². The molecule has 6 nitrogen and oxygen atoms in total. The molecule has 0 radical (unpaired) electrons. The largest absolute Gasteiger partial charge is 0.313 e. The summed E-state index contributed by atoms with van der Waals surface area (Å²) in [7, 11) is 3.80. The van der Waals surface area contributed by atoms with Crippen molar-refractivity contribution >= 4 is 0 Å². The van der Waals surface area contributed by atoms with Crippen LogP contribution in [0.25, 0.3) is 0 Å². The van der Waals surface area contributed by atoms with E-state index in [1.165, 1.54) is 5.56 Å². The minimum atomic E-state index is 0.0335. The predicted octanol–water partition coefficient (Wildman–Crippen LogP) is 0.622. The van der Waals surface area contributed by atoms with Crippen molar-refractivity contribution in [3.05, 3.63) is 45.6 Å². The Morgan fingerprint density at radius 2 is 2.30 bits per heavy atom. The van der Waals surface area contributed by atoms with Crippen LogP contribution >= 0.6 is 0 Å².